The number of nitrogens with zero attached hydrogens (tertiary/aromatic N) is 3. The molecule has 1 aliphatic rings. The molecule has 1 aromatic heterocycles. The Bertz CT molecular complexity index is 718. The third-order valence-corrected chi connectivity index (χ3v) is 5.92. The molecule has 2 aromatic rings. The number of aromatic nitrogens is 1. The van der Waals surface area contributed by atoms with E-state index in [9.17, 15) is 4.79 Å². The molecule has 130 valence electrons. The highest BCUT2D eigenvalue weighted by molar-refractivity contribution is 9.10. The second kappa shape index (κ2) is 7.91. The van der Waals surface area contributed by atoms with Crippen LogP contribution in [0.2, 0.25) is 0 Å². The molecule has 1 amide bonds. The fraction of sp³-hybridized carbons (Fsp3) is 0.529. The summed E-state index contributed by atoms with van der Waals surface area (Å²) in [6.07, 6.45) is 2.04. The number of nitrogens with one attached hydrogen (secondary N) is 1. The first kappa shape index (κ1) is 17.8. The first-order valence-electron chi connectivity index (χ1n) is 8.26. The smallest absolute Gasteiger partial charge is 0.230 e. The number of amides is 1. The van der Waals surface area contributed by atoms with Crippen molar-refractivity contribution in [1.82, 2.24) is 14.8 Å². The summed E-state index contributed by atoms with van der Waals surface area (Å²) in [4.78, 5) is 21.7. The third kappa shape index (κ3) is 4.33. The standard InChI is InChI=1S/C17H23BrN4OS/c1-21(2)9-10-22-8-4-5-12(11-22)16(23)20-17-19-15-13(18)6-3-7-14(15)24-17/h3,6-7,12H,4-5,8-11H2,1-2H3,(H,19,20,23). The van der Waals surface area contributed by atoms with E-state index in [-0.39, 0.29) is 11.8 Å². The molecular weight excluding hydrogens is 388 g/mol. The number of hydrogen-bond donors (Lipinski definition) is 1. The third-order valence-electron chi connectivity index (χ3n) is 4.34. The number of piperidine rings is 1. The van der Waals surface area contributed by atoms with Gasteiger partial charge in [0.2, 0.25) is 5.91 Å². The zero-order valence-electron chi connectivity index (χ0n) is 14.1. The molecule has 0 bridgehead atoms. The highest BCUT2D eigenvalue weighted by atomic mass is 79.9. The molecule has 0 radical (unpaired) electrons. The van der Waals surface area contributed by atoms with E-state index in [1.54, 1.807) is 0 Å². The molecule has 1 unspecified atom stereocenters. The number of likely N-dealkylation sites (N-methyl/N-ethyl adjacent to an activating group) is 1. The Morgan fingerprint density at radius 1 is 1.50 bits per heavy atom. The first-order valence-corrected chi connectivity index (χ1v) is 9.87. The van der Waals surface area contributed by atoms with Gasteiger partial charge in [-0.05, 0) is 61.5 Å². The Balaban J connectivity index is 1.62. The van der Waals surface area contributed by atoms with Crippen molar-refractivity contribution in [3.63, 3.8) is 0 Å². The van der Waals surface area contributed by atoms with Crippen LogP contribution in [0.15, 0.2) is 22.7 Å². The summed E-state index contributed by atoms with van der Waals surface area (Å²) in [6, 6.07) is 5.98. The van der Waals surface area contributed by atoms with Crippen LogP contribution in [-0.2, 0) is 4.79 Å². The molecule has 3 rings (SSSR count). The van der Waals surface area contributed by atoms with Gasteiger partial charge in [0.05, 0.1) is 16.1 Å². The van der Waals surface area contributed by atoms with Crippen LogP contribution in [0, 0.1) is 5.92 Å². The number of carbonyl (C=O) groups is 1. The van der Waals surface area contributed by atoms with E-state index in [2.05, 4.69) is 50.1 Å². The van der Waals surface area contributed by atoms with Crippen molar-refractivity contribution in [2.75, 3.05) is 45.6 Å². The van der Waals surface area contributed by atoms with E-state index in [4.69, 9.17) is 0 Å². The maximum atomic E-state index is 12.6. The Hall–Kier alpha value is -1.02. The molecule has 1 atom stereocenters. The van der Waals surface area contributed by atoms with Gasteiger partial charge < -0.3 is 15.1 Å². The van der Waals surface area contributed by atoms with Gasteiger partial charge in [-0.2, -0.15) is 0 Å². The topological polar surface area (TPSA) is 48.5 Å². The number of para-hydroxylation sites is 1. The number of likely N-dealkylation sites (tertiary alicyclic amines) is 1. The summed E-state index contributed by atoms with van der Waals surface area (Å²) >= 11 is 5.04. The highest BCUT2D eigenvalue weighted by Crippen LogP contribution is 2.31. The minimum absolute atomic E-state index is 0.0522. The van der Waals surface area contributed by atoms with Crippen molar-refractivity contribution in [2.24, 2.45) is 5.92 Å². The molecule has 0 aliphatic carbocycles. The van der Waals surface area contributed by atoms with Crippen LogP contribution >= 0.6 is 27.3 Å². The number of carbonyl (C=O) groups excluding carboxylic acids is 1. The van der Waals surface area contributed by atoms with Crippen LogP contribution in [0.5, 0.6) is 0 Å². The van der Waals surface area contributed by atoms with Crippen molar-refractivity contribution in [2.45, 2.75) is 12.8 Å². The number of halogens is 1. The van der Waals surface area contributed by atoms with Gasteiger partial charge in [-0.3, -0.25) is 4.79 Å². The Morgan fingerprint density at radius 3 is 3.08 bits per heavy atom. The zero-order valence-corrected chi connectivity index (χ0v) is 16.5. The second-order valence-corrected chi connectivity index (χ2v) is 8.42. The summed E-state index contributed by atoms with van der Waals surface area (Å²) in [5.74, 6) is 0.149. The van der Waals surface area contributed by atoms with Crippen LogP contribution in [0.1, 0.15) is 12.8 Å². The van der Waals surface area contributed by atoms with Crippen LogP contribution in [-0.4, -0.2) is 61.0 Å². The monoisotopic (exact) mass is 410 g/mol. The van der Waals surface area contributed by atoms with E-state index < -0.39 is 0 Å². The molecule has 1 aliphatic heterocycles. The predicted octanol–water partition coefficient (Wildman–Crippen LogP) is 3.27. The van der Waals surface area contributed by atoms with E-state index in [0.29, 0.717) is 5.13 Å². The summed E-state index contributed by atoms with van der Waals surface area (Å²) in [7, 11) is 4.17. The van der Waals surface area contributed by atoms with Gasteiger partial charge in [0.15, 0.2) is 5.13 Å². The van der Waals surface area contributed by atoms with Gasteiger partial charge in [0.25, 0.3) is 0 Å². The van der Waals surface area contributed by atoms with Crippen LogP contribution in [0.25, 0.3) is 10.2 Å². The molecule has 1 saturated heterocycles. The summed E-state index contributed by atoms with van der Waals surface area (Å²) < 4.78 is 2.04. The quantitative estimate of drug-likeness (QED) is 0.821. The second-order valence-electron chi connectivity index (χ2n) is 6.54. The van der Waals surface area contributed by atoms with E-state index >= 15 is 0 Å². The fourth-order valence-corrected chi connectivity index (χ4v) is 4.47. The summed E-state index contributed by atoms with van der Waals surface area (Å²) in [5, 5.41) is 3.71. The maximum absolute atomic E-state index is 12.6. The van der Waals surface area contributed by atoms with Gasteiger partial charge in [-0.1, -0.05) is 17.4 Å². The van der Waals surface area contributed by atoms with E-state index in [0.717, 1.165) is 53.7 Å². The minimum atomic E-state index is 0.0522. The molecule has 1 aromatic carbocycles. The Labute approximate surface area is 155 Å². The number of benzene rings is 1. The van der Waals surface area contributed by atoms with Gasteiger partial charge in [0, 0.05) is 24.1 Å². The van der Waals surface area contributed by atoms with Gasteiger partial charge >= 0.3 is 0 Å². The average Bonchev–Trinajstić information content (AvgIpc) is 2.97. The normalized spacial score (nSPS) is 19.1. The van der Waals surface area contributed by atoms with E-state index in [1.807, 2.05) is 18.2 Å². The predicted molar refractivity (Wildman–Crippen MR) is 104 cm³/mol. The number of anilines is 1. The summed E-state index contributed by atoms with van der Waals surface area (Å²) in [5.41, 5.74) is 0.911. The molecule has 0 saturated carbocycles. The number of hydrogen-bond acceptors (Lipinski definition) is 5. The lowest BCUT2D eigenvalue weighted by molar-refractivity contribution is -0.121. The minimum Gasteiger partial charge on any atom is -0.308 e. The Morgan fingerprint density at radius 2 is 2.33 bits per heavy atom. The molecule has 5 nitrogen and oxygen atoms in total. The van der Waals surface area contributed by atoms with Gasteiger partial charge in [-0.25, -0.2) is 4.98 Å². The van der Waals surface area contributed by atoms with Gasteiger partial charge in [0.1, 0.15) is 0 Å². The molecule has 1 N–H and O–H groups in total. The fourth-order valence-electron chi connectivity index (χ4n) is 2.99. The molecule has 1 fully saturated rings. The largest absolute Gasteiger partial charge is 0.308 e. The van der Waals surface area contributed by atoms with Crippen molar-refractivity contribution >= 4 is 48.5 Å². The van der Waals surface area contributed by atoms with Crippen molar-refractivity contribution in [3.05, 3.63) is 22.7 Å². The highest BCUT2D eigenvalue weighted by Gasteiger charge is 2.26. The lowest BCUT2D eigenvalue weighted by atomic mass is 9.97. The molecule has 0 spiro atoms. The van der Waals surface area contributed by atoms with Crippen molar-refractivity contribution in [1.29, 1.82) is 0 Å². The SMILES string of the molecule is CN(C)CCN1CCCC(C(=O)Nc2nc3c(Br)cccc3s2)C1. The first-order chi connectivity index (χ1) is 11.5. The zero-order chi connectivity index (χ0) is 17.1. The molecule has 2 heterocycles. The average molecular weight is 411 g/mol. The number of rotatable bonds is 5. The van der Waals surface area contributed by atoms with Crippen molar-refractivity contribution < 1.29 is 4.79 Å². The van der Waals surface area contributed by atoms with Crippen LogP contribution < -0.4 is 5.32 Å². The number of thiazole rings is 1. The summed E-state index contributed by atoms with van der Waals surface area (Å²) in [6.45, 7) is 3.98. The lowest BCUT2D eigenvalue weighted by Gasteiger charge is -2.32. The van der Waals surface area contributed by atoms with Crippen LogP contribution in [0.3, 0.4) is 0 Å². The maximum Gasteiger partial charge on any atom is 0.230 e. The van der Waals surface area contributed by atoms with Crippen LogP contribution in [0.4, 0.5) is 5.13 Å². The van der Waals surface area contributed by atoms with Crippen molar-refractivity contribution in [3.8, 4) is 0 Å². The molecule has 24 heavy (non-hydrogen) atoms. The number of fused-ring (bicyclic) bond motifs is 1. The Kier molecular flexibility index (Phi) is 5.86. The molecule has 7 heteroatoms. The van der Waals surface area contributed by atoms with E-state index in [1.165, 1.54) is 11.3 Å². The van der Waals surface area contributed by atoms with Gasteiger partial charge in [-0.15, -0.1) is 0 Å². The molecular formula is C17H23BrN4OS. The lowest BCUT2D eigenvalue weighted by Crippen LogP contribution is -2.43.